The first kappa shape index (κ1) is 18.7. The molecule has 0 atom stereocenters. The van der Waals surface area contributed by atoms with Crippen molar-refractivity contribution in [2.75, 3.05) is 25.0 Å². The van der Waals surface area contributed by atoms with Gasteiger partial charge in [0.1, 0.15) is 21.8 Å². The van der Waals surface area contributed by atoms with Crippen molar-refractivity contribution in [3.8, 4) is 6.07 Å². The molecule has 0 bridgehead atoms. The van der Waals surface area contributed by atoms with Crippen LogP contribution in [0.25, 0.3) is 6.08 Å². The maximum atomic E-state index is 12.8. The number of carbonyl (C=O) groups excluding carboxylic acids is 1. The summed E-state index contributed by atoms with van der Waals surface area (Å²) in [6, 6.07) is 2.04. The highest BCUT2D eigenvalue weighted by atomic mass is 32.2. The number of nitriles is 1. The maximum absolute atomic E-state index is 12.8. The zero-order chi connectivity index (χ0) is 19.0. The second-order valence-electron chi connectivity index (χ2n) is 6.33. The Morgan fingerprint density at radius 1 is 1.31 bits per heavy atom. The quantitative estimate of drug-likeness (QED) is 0.585. The Morgan fingerprint density at radius 2 is 1.96 bits per heavy atom. The molecule has 6 nitrogen and oxygen atoms in total. The molecule has 3 rings (SSSR count). The van der Waals surface area contributed by atoms with Crippen molar-refractivity contribution in [1.82, 2.24) is 9.47 Å². The third kappa shape index (κ3) is 2.95. The lowest BCUT2D eigenvalue weighted by Gasteiger charge is -2.26. The topological polar surface area (TPSA) is 69.3 Å². The molecule has 0 spiro atoms. The normalized spacial score (nSPS) is 18.9. The van der Waals surface area contributed by atoms with E-state index in [9.17, 15) is 14.9 Å². The molecule has 0 radical (unpaired) electrons. The van der Waals surface area contributed by atoms with Crippen molar-refractivity contribution < 1.29 is 4.79 Å². The van der Waals surface area contributed by atoms with E-state index in [0.717, 1.165) is 37.3 Å². The number of likely N-dealkylation sites (N-methyl/N-ethyl adjacent to an activating group) is 1. The summed E-state index contributed by atoms with van der Waals surface area (Å²) < 4.78 is 2.15. The molecule has 0 aromatic carbocycles. The minimum Gasteiger partial charge on any atom is -0.357 e. The Bertz CT molecular complexity index is 921. The Labute approximate surface area is 162 Å². The van der Waals surface area contributed by atoms with Gasteiger partial charge in [0.25, 0.3) is 11.5 Å². The van der Waals surface area contributed by atoms with Crippen molar-refractivity contribution in [3.05, 3.63) is 31.9 Å². The van der Waals surface area contributed by atoms with Crippen molar-refractivity contribution >= 4 is 46.1 Å². The predicted molar refractivity (Wildman–Crippen MR) is 108 cm³/mol. The maximum Gasteiger partial charge on any atom is 0.270 e. The van der Waals surface area contributed by atoms with Gasteiger partial charge < -0.3 is 4.90 Å². The number of nitrogens with zero attached hydrogens (tertiary/aromatic N) is 4. The van der Waals surface area contributed by atoms with Gasteiger partial charge in [0.2, 0.25) is 0 Å². The van der Waals surface area contributed by atoms with E-state index in [4.69, 9.17) is 12.2 Å². The summed E-state index contributed by atoms with van der Waals surface area (Å²) in [5, 5.41) is 9.50. The Balaban J connectivity index is 2.29. The summed E-state index contributed by atoms with van der Waals surface area (Å²) >= 11 is 6.46. The van der Waals surface area contributed by atoms with Crippen LogP contribution in [-0.4, -0.2) is 39.8 Å². The van der Waals surface area contributed by atoms with E-state index in [0.29, 0.717) is 21.3 Å². The van der Waals surface area contributed by atoms with Crippen molar-refractivity contribution in [3.63, 3.8) is 0 Å². The number of rotatable bonds is 3. The SMILES string of the molecule is CCn1c(N2CCCC2)c(/C=C2/SC(=S)N(C)C2=O)c(C)c(C#N)c1=O. The first-order chi connectivity index (χ1) is 12.4. The molecule has 2 aliphatic rings. The highest BCUT2D eigenvalue weighted by Gasteiger charge is 2.31. The zero-order valence-electron chi connectivity index (χ0n) is 15.0. The number of hydrogen-bond donors (Lipinski definition) is 0. The van der Waals surface area contributed by atoms with Gasteiger partial charge in [-0.05, 0) is 38.3 Å². The van der Waals surface area contributed by atoms with Gasteiger partial charge in [-0.2, -0.15) is 5.26 Å². The molecule has 0 saturated carbocycles. The number of anilines is 1. The van der Waals surface area contributed by atoms with Crippen LogP contribution < -0.4 is 10.5 Å². The van der Waals surface area contributed by atoms with E-state index in [1.165, 1.54) is 16.7 Å². The van der Waals surface area contributed by atoms with E-state index >= 15 is 0 Å². The van der Waals surface area contributed by atoms with Gasteiger partial charge in [0, 0.05) is 32.2 Å². The first-order valence-electron chi connectivity index (χ1n) is 8.54. The van der Waals surface area contributed by atoms with E-state index < -0.39 is 0 Å². The van der Waals surface area contributed by atoms with Crippen LogP contribution >= 0.6 is 24.0 Å². The molecule has 1 amide bonds. The molecule has 8 heteroatoms. The van der Waals surface area contributed by atoms with Gasteiger partial charge in [-0.15, -0.1) is 0 Å². The molecule has 136 valence electrons. The average Bonchev–Trinajstić information content (AvgIpc) is 3.23. The molecular formula is C18H20N4O2S2. The monoisotopic (exact) mass is 388 g/mol. The van der Waals surface area contributed by atoms with Crippen LogP contribution in [0.5, 0.6) is 0 Å². The van der Waals surface area contributed by atoms with Gasteiger partial charge >= 0.3 is 0 Å². The molecule has 0 N–H and O–H groups in total. The van der Waals surface area contributed by atoms with Crippen LogP contribution in [-0.2, 0) is 11.3 Å². The van der Waals surface area contributed by atoms with Gasteiger partial charge in [-0.1, -0.05) is 24.0 Å². The molecule has 2 fully saturated rings. The van der Waals surface area contributed by atoms with E-state index in [-0.39, 0.29) is 17.0 Å². The molecule has 3 heterocycles. The summed E-state index contributed by atoms with van der Waals surface area (Å²) in [4.78, 5) is 29.4. The molecule has 0 unspecified atom stereocenters. The largest absolute Gasteiger partial charge is 0.357 e. The molecular weight excluding hydrogens is 368 g/mol. The van der Waals surface area contributed by atoms with Crippen LogP contribution in [0.15, 0.2) is 9.70 Å². The number of thiocarbonyl (C=S) groups is 1. The number of hydrogen-bond acceptors (Lipinski definition) is 6. The number of aromatic nitrogens is 1. The van der Waals surface area contributed by atoms with Crippen LogP contribution in [0.1, 0.15) is 36.5 Å². The van der Waals surface area contributed by atoms with Crippen LogP contribution in [0.2, 0.25) is 0 Å². The van der Waals surface area contributed by atoms with Gasteiger partial charge in [0.15, 0.2) is 0 Å². The lowest BCUT2D eigenvalue weighted by atomic mass is 10.0. The van der Waals surface area contributed by atoms with Crippen LogP contribution in [0.4, 0.5) is 5.82 Å². The second kappa shape index (κ2) is 7.25. The van der Waals surface area contributed by atoms with Crippen molar-refractivity contribution in [2.45, 2.75) is 33.2 Å². The minimum atomic E-state index is -0.269. The van der Waals surface area contributed by atoms with Crippen LogP contribution in [0, 0.1) is 18.3 Å². The van der Waals surface area contributed by atoms with Crippen molar-refractivity contribution in [1.29, 1.82) is 5.26 Å². The Morgan fingerprint density at radius 3 is 2.46 bits per heavy atom. The smallest absolute Gasteiger partial charge is 0.270 e. The fourth-order valence-corrected chi connectivity index (χ4v) is 4.55. The summed E-state index contributed by atoms with van der Waals surface area (Å²) in [5.41, 5.74) is 1.24. The second-order valence-corrected chi connectivity index (χ2v) is 8.01. The molecule has 0 aliphatic carbocycles. The lowest BCUT2D eigenvalue weighted by molar-refractivity contribution is -0.121. The Hall–Kier alpha value is -2.11. The minimum absolute atomic E-state index is 0.132. The predicted octanol–water partition coefficient (Wildman–Crippen LogP) is 2.48. The molecule has 26 heavy (non-hydrogen) atoms. The summed E-state index contributed by atoms with van der Waals surface area (Å²) in [7, 11) is 1.65. The number of carbonyl (C=O) groups is 1. The van der Waals surface area contributed by atoms with E-state index in [1.807, 2.05) is 13.0 Å². The van der Waals surface area contributed by atoms with Gasteiger partial charge in [0.05, 0.1) is 4.91 Å². The zero-order valence-corrected chi connectivity index (χ0v) is 16.7. The molecule has 1 aromatic heterocycles. The summed E-state index contributed by atoms with van der Waals surface area (Å²) in [6.45, 7) is 5.86. The van der Waals surface area contributed by atoms with Crippen molar-refractivity contribution in [2.24, 2.45) is 0 Å². The third-order valence-electron chi connectivity index (χ3n) is 4.83. The fraction of sp³-hybridized carbons (Fsp3) is 0.444. The highest BCUT2D eigenvalue weighted by Crippen LogP contribution is 2.35. The molecule has 1 aromatic rings. The van der Waals surface area contributed by atoms with E-state index in [1.54, 1.807) is 24.6 Å². The summed E-state index contributed by atoms with van der Waals surface area (Å²) in [6.07, 6.45) is 3.92. The van der Waals surface area contributed by atoms with Gasteiger partial charge in [-0.25, -0.2) is 0 Å². The lowest BCUT2D eigenvalue weighted by Crippen LogP contribution is -2.32. The molecule has 2 aliphatic heterocycles. The highest BCUT2D eigenvalue weighted by molar-refractivity contribution is 8.26. The number of thioether (sulfide) groups is 1. The summed E-state index contributed by atoms with van der Waals surface area (Å²) in [5.74, 6) is 0.646. The standard InChI is InChI=1S/C18H20N4O2S2/c1-4-22-15(21-7-5-6-8-21)12(11(2)13(10-19)16(22)23)9-14-17(24)20(3)18(25)26-14/h9H,4-8H2,1-3H3/b14-9+. The van der Waals surface area contributed by atoms with Gasteiger partial charge in [-0.3, -0.25) is 19.1 Å². The Kier molecular flexibility index (Phi) is 5.21. The third-order valence-corrected chi connectivity index (χ3v) is 6.31. The first-order valence-corrected chi connectivity index (χ1v) is 9.77. The van der Waals surface area contributed by atoms with E-state index in [2.05, 4.69) is 4.90 Å². The molecule has 2 saturated heterocycles. The number of amides is 1. The number of pyridine rings is 1. The average molecular weight is 389 g/mol. The fourth-order valence-electron chi connectivity index (χ4n) is 3.38. The van der Waals surface area contributed by atoms with Crippen LogP contribution in [0.3, 0.4) is 0 Å².